The Morgan fingerprint density at radius 3 is 2.25 bits per heavy atom. The van der Waals surface area contributed by atoms with Gasteiger partial charge in [-0.25, -0.2) is 0 Å². The maximum atomic E-state index is 2.38. The van der Waals surface area contributed by atoms with Gasteiger partial charge in [0.25, 0.3) is 0 Å². The summed E-state index contributed by atoms with van der Waals surface area (Å²) in [4.78, 5) is 0. The lowest BCUT2D eigenvalue weighted by molar-refractivity contribution is 0.807. The molecule has 0 saturated carbocycles. The number of hydrogen-bond donors (Lipinski definition) is 0. The Balaban J connectivity index is 2.15. The molecule has 0 radical (unpaired) electrons. The smallest absolute Gasteiger partial charge is 0.0795 e. The van der Waals surface area contributed by atoms with Gasteiger partial charge in [-0.05, 0) is 16.8 Å². The standard InChI is InChI=1S/C14H19NSi/c1-16(2,3)14-9-10-15(12-14)11-13-7-5-4-6-8-13/h4-10,12H,11H2,1-3H3. The Kier molecular flexibility index (Phi) is 3.01. The summed E-state index contributed by atoms with van der Waals surface area (Å²) in [5, 5.41) is 1.53. The molecule has 0 fully saturated rings. The van der Waals surface area contributed by atoms with E-state index in [1.807, 2.05) is 0 Å². The van der Waals surface area contributed by atoms with Crippen LogP contribution in [0, 0.1) is 0 Å². The number of benzene rings is 1. The van der Waals surface area contributed by atoms with Crippen LogP contribution in [0.1, 0.15) is 5.56 Å². The van der Waals surface area contributed by atoms with Gasteiger partial charge < -0.3 is 4.57 Å². The topological polar surface area (TPSA) is 4.93 Å². The molecule has 1 heterocycles. The molecule has 0 aliphatic heterocycles. The molecule has 0 amide bonds. The Morgan fingerprint density at radius 1 is 1.00 bits per heavy atom. The van der Waals surface area contributed by atoms with Crippen molar-refractivity contribution in [1.82, 2.24) is 4.57 Å². The molecule has 0 aliphatic rings. The summed E-state index contributed by atoms with van der Waals surface area (Å²) in [6.07, 6.45) is 4.50. The van der Waals surface area contributed by atoms with Crippen LogP contribution in [0.25, 0.3) is 0 Å². The molecular formula is C14H19NSi. The number of aromatic nitrogens is 1. The summed E-state index contributed by atoms with van der Waals surface area (Å²) in [7, 11) is -1.15. The second kappa shape index (κ2) is 4.30. The van der Waals surface area contributed by atoms with E-state index in [-0.39, 0.29) is 0 Å². The lowest BCUT2D eigenvalue weighted by Gasteiger charge is -2.13. The third kappa shape index (κ3) is 2.64. The average molecular weight is 229 g/mol. The summed E-state index contributed by atoms with van der Waals surface area (Å²) < 4.78 is 2.28. The van der Waals surface area contributed by atoms with Crippen molar-refractivity contribution in [2.24, 2.45) is 0 Å². The zero-order valence-electron chi connectivity index (χ0n) is 10.3. The van der Waals surface area contributed by atoms with E-state index in [9.17, 15) is 0 Å². The highest BCUT2D eigenvalue weighted by Gasteiger charge is 2.16. The third-order valence-corrected chi connectivity index (χ3v) is 4.85. The lowest BCUT2D eigenvalue weighted by atomic mass is 10.2. The first-order chi connectivity index (χ1) is 7.55. The quantitative estimate of drug-likeness (QED) is 0.713. The molecule has 0 spiro atoms. The maximum Gasteiger partial charge on any atom is 0.0795 e. The molecular weight excluding hydrogens is 210 g/mol. The van der Waals surface area contributed by atoms with E-state index in [0.29, 0.717) is 0 Å². The van der Waals surface area contributed by atoms with Crippen LogP contribution >= 0.6 is 0 Å². The minimum atomic E-state index is -1.15. The highest BCUT2D eigenvalue weighted by atomic mass is 28.3. The molecule has 1 aromatic carbocycles. The average Bonchev–Trinajstić information content (AvgIpc) is 2.67. The molecule has 0 unspecified atom stereocenters. The molecule has 0 atom stereocenters. The van der Waals surface area contributed by atoms with Gasteiger partial charge in [-0.3, -0.25) is 0 Å². The van der Waals surface area contributed by atoms with Gasteiger partial charge in [0.2, 0.25) is 0 Å². The van der Waals surface area contributed by atoms with Crippen LogP contribution in [0.2, 0.25) is 19.6 Å². The summed E-state index contributed by atoms with van der Waals surface area (Å²) in [6.45, 7) is 8.13. The minimum Gasteiger partial charge on any atom is -0.350 e. The fraction of sp³-hybridized carbons (Fsp3) is 0.286. The molecule has 1 nitrogen and oxygen atoms in total. The predicted molar refractivity (Wildman–Crippen MR) is 73.0 cm³/mol. The van der Waals surface area contributed by atoms with Crippen LogP contribution in [0.3, 0.4) is 0 Å². The third-order valence-electron chi connectivity index (χ3n) is 2.82. The monoisotopic (exact) mass is 229 g/mol. The van der Waals surface area contributed by atoms with Crippen molar-refractivity contribution in [2.45, 2.75) is 26.2 Å². The van der Waals surface area contributed by atoms with Crippen molar-refractivity contribution >= 4 is 13.3 Å². The van der Waals surface area contributed by atoms with E-state index in [1.165, 1.54) is 10.8 Å². The Morgan fingerprint density at radius 2 is 1.69 bits per heavy atom. The van der Waals surface area contributed by atoms with Crippen molar-refractivity contribution in [3.63, 3.8) is 0 Å². The normalized spacial score (nSPS) is 11.7. The zero-order chi connectivity index (χ0) is 11.6. The SMILES string of the molecule is C[Si](C)(C)c1ccn(Cc2ccccc2)c1. The molecule has 2 rings (SSSR count). The summed E-state index contributed by atoms with van der Waals surface area (Å²) in [6, 6.07) is 12.9. The van der Waals surface area contributed by atoms with Gasteiger partial charge in [0.15, 0.2) is 0 Å². The molecule has 0 aliphatic carbocycles. The first-order valence-electron chi connectivity index (χ1n) is 5.76. The van der Waals surface area contributed by atoms with E-state index in [2.05, 4.69) is 73.0 Å². The van der Waals surface area contributed by atoms with Crippen LogP contribution < -0.4 is 5.19 Å². The summed E-state index contributed by atoms with van der Waals surface area (Å²) in [5.74, 6) is 0. The van der Waals surface area contributed by atoms with E-state index in [1.54, 1.807) is 0 Å². The van der Waals surface area contributed by atoms with Crippen molar-refractivity contribution in [1.29, 1.82) is 0 Å². The second-order valence-corrected chi connectivity index (χ2v) is 10.4. The maximum absolute atomic E-state index is 2.38. The fourth-order valence-corrected chi connectivity index (χ4v) is 2.90. The molecule has 2 heteroatoms. The largest absolute Gasteiger partial charge is 0.350 e. The zero-order valence-corrected chi connectivity index (χ0v) is 11.3. The van der Waals surface area contributed by atoms with Crippen LogP contribution in [0.15, 0.2) is 48.8 Å². The van der Waals surface area contributed by atoms with Crippen molar-refractivity contribution < 1.29 is 0 Å². The number of hydrogen-bond acceptors (Lipinski definition) is 0. The van der Waals surface area contributed by atoms with Crippen LogP contribution in [0.5, 0.6) is 0 Å². The van der Waals surface area contributed by atoms with Gasteiger partial charge in [-0.1, -0.05) is 50.0 Å². The number of rotatable bonds is 3. The Hall–Kier alpha value is -1.28. The lowest BCUT2D eigenvalue weighted by Crippen LogP contribution is -2.36. The molecule has 1 aromatic heterocycles. The first-order valence-corrected chi connectivity index (χ1v) is 9.26. The Bertz CT molecular complexity index is 451. The Labute approximate surface area is 98.7 Å². The van der Waals surface area contributed by atoms with Gasteiger partial charge in [-0.15, -0.1) is 0 Å². The molecule has 2 aromatic rings. The van der Waals surface area contributed by atoms with E-state index in [0.717, 1.165) is 6.54 Å². The van der Waals surface area contributed by atoms with Gasteiger partial charge >= 0.3 is 0 Å². The van der Waals surface area contributed by atoms with Crippen molar-refractivity contribution in [3.05, 3.63) is 54.4 Å². The molecule has 0 N–H and O–H groups in total. The van der Waals surface area contributed by atoms with Gasteiger partial charge in [0.1, 0.15) is 0 Å². The summed E-state index contributed by atoms with van der Waals surface area (Å²) in [5.41, 5.74) is 1.36. The molecule has 16 heavy (non-hydrogen) atoms. The highest BCUT2D eigenvalue weighted by molar-refractivity contribution is 6.88. The van der Waals surface area contributed by atoms with E-state index >= 15 is 0 Å². The summed E-state index contributed by atoms with van der Waals surface area (Å²) >= 11 is 0. The molecule has 0 bridgehead atoms. The van der Waals surface area contributed by atoms with Crippen LogP contribution in [-0.4, -0.2) is 12.6 Å². The first kappa shape index (κ1) is 11.2. The van der Waals surface area contributed by atoms with E-state index < -0.39 is 8.07 Å². The molecule has 0 saturated heterocycles. The number of nitrogens with zero attached hydrogens (tertiary/aromatic N) is 1. The van der Waals surface area contributed by atoms with Crippen LogP contribution in [0.4, 0.5) is 0 Å². The van der Waals surface area contributed by atoms with Crippen molar-refractivity contribution in [2.75, 3.05) is 0 Å². The second-order valence-electron chi connectivity index (χ2n) is 5.31. The van der Waals surface area contributed by atoms with Gasteiger partial charge in [0, 0.05) is 18.9 Å². The minimum absolute atomic E-state index is 0.977. The predicted octanol–water partition coefficient (Wildman–Crippen LogP) is 3.08. The van der Waals surface area contributed by atoms with Gasteiger partial charge in [-0.2, -0.15) is 0 Å². The fourth-order valence-electron chi connectivity index (χ4n) is 1.78. The van der Waals surface area contributed by atoms with E-state index in [4.69, 9.17) is 0 Å². The van der Waals surface area contributed by atoms with Crippen molar-refractivity contribution in [3.8, 4) is 0 Å². The van der Waals surface area contributed by atoms with Crippen LogP contribution in [-0.2, 0) is 6.54 Å². The molecule has 84 valence electrons. The highest BCUT2D eigenvalue weighted by Crippen LogP contribution is 2.06. The van der Waals surface area contributed by atoms with Gasteiger partial charge in [0.05, 0.1) is 8.07 Å².